The molecule has 3 rings (SSSR count). The molecule has 142 valence electrons. The van der Waals surface area contributed by atoms with Crippen molar-refractivity contribution >= 4 is 22.7 Å². The number of carbonyl (C=O) groups is 1. The SMILES string of the molecule is Cc1oc2ncn(CCC(=O)NCc3ccc(N(C)C)cc3)c(=O)c2c1C. The number of benzene rings is 1. The van der Waals surface area contributed by atoms with Crippen LogP contribution in [0.15, 0.2) is 39.8 Å². The lowest BCUT2D eigenvalue weighted by molar-refractivity contribution is -0.121. The van der Waals surface area contributed by atoms with Gasteiger partial charge in [-0.3, -0.25) is 14.2 Å². The Morgan fingerprint density at radius 1 is 1.22 bits per heavy atom. The van der Waals surface area contributed by atoms with E-state index in [-0.39, 0.29) is 24.4 Å². The van der Waals surface area contributed by atoms with Gasteiger partial charge in [0.2, 0.25) is 11.6 Å². The molecule has 3 aromatic rings. The topological polar surface area (TPSA) is 80.4 Å². The Labute approximate surface area is 157 Å². The van der Waals surface area contributed by atoms with E-state index >= 15 is 0 Å². The summed E-state index contributed by atoms with van der Waals surface area (Å²) in [6.07, 6.45) is 1.64. The van der Waals surface area contributed by atoms with Gasteiger partial charge in [-0.1, -0.05) is 12.1 Å². The van der Waals surface area contributed by atoms with Crippen LogP contribution in [0.3, 0.4) is 0 Å². The van der Waals surface area contributed by atoms with Gasteiger partial charge in [-0.15, -0.1) is 0 Å². The van der Waals surface area contributed by atoms with Crippen molar-refractivity contribution in [2.75, 3.05) is 19.0 Å². The van der Waals surface area contributed by atoms with E-state index in [1.54, 1.807) is 6.92 Å². The first-order valence-corrected chi connectivity index (χ1v) is 8.85. The Bertz CT molecular complexity index is 1020. The van der Waals surface area contributed by atoms with E-state index in [0.717, 1.165) is 16.8 Å². The molecule has 7 nitrogen and oxygen atoms in total. The van der Waals surface area contributed by atoms with E-state index in [1.807, 2.05) is 50.2 Å². The Kier molecular flexibility index (Phi) is 5.30. The molecule has 0 saturated heterocycles. The van der Waals surface area contributed by atoms with Gasteiger partial charge in [-0.25, -0.2) is 4.98 Å². The number of nitrogens with one attached hydrogen (secondary N) is 1. The maximum absolute atomic E-state index is 12.6. The second-order valence-corrected chi connectivity index (χ2v) is 6.79. The molecule has 0 atom stereocenters. The molecule has 0 aliphatic carbocycles. The lowest BCUT2D eigenvalue weighted by atomic mass is 10.2. The van der Waals surface area contributed by atoms with Crippen molar-refractivity contribution in [2.45, 2.75) is 33.4 Å². The first kappa shape index (κ1) is 18.7. The summed E-state index contributed by atoms with van der Waals surface area (Å²) in [4.78, 5) is 30.9. The Balaban J connectivity index is 1.59. The molecule has 0 aliphatic rings. The number of aryl methyl sites for hydroxylation is 3. The van der Waals surface area contributed by atoms with Crippen molar-refractivity contribution in [1.82, 2.24) is 14.9 Å². The Morgan fingerprint density at radius 3 is 2.59 bits per heavy atom. The molecule has 27 heavy (non-hydrogen) atoms. The van der Waals surface area contributed by atoms with Crippen LogP contribution in [0.2, 0.25) is 0 Å². The van der Waals surface area contributed by atoms with Crippen molar-refractivity contribution in [1.29, 1.82) is 0 Å². The fraction of sp³-hybridized carbons (Fsp3) is 0.350. The zero-order valence-corrected chi connectivity index (χ0v) is 16.1. The number of hydrogen-bond donors (Lipinski definition) is 1. The zero-order chi connectivity index (χ0) is 19.6. The Morgan fingerprint density at radius 2 is 1.93 bits per heavy atom. The molecule has 2 aromatic heterocycles. The summed E-state index contributed by atoms with van der Waals surface area (Å²) in [5.41, 5.74) is 3.09. The van der Waals surface area contributed by atoms with Crippen LogP contribution in [0.1, 0.15) is 23.3 Å². The fourth-order valence-corrected chi connectivity index (χ4v) is 2.85. The largest absolute Gasteiger partial charge is 0.443 e. The molecule has 0 unspecified atom stereocenters. The third kappa shape index (κ3) is 4.02. The number of anilines is 1. The van der Waals surface area contributed by atoms with E-state index in [9.17, 15) is 9.59 Å². The van der Waals surface area contributed by atoms with Crippen LogP contribution in [-0.2, 0) is 17.9 Å². The zero-order valence-electron chi connectivity index (χ0n) is 16.1. The summed E-state index contributed by atoms with van der Waals surface area (Å²) in [7, 11) is 3.97. The van der Waals surface area contributed by atoms with Crippen LogP contribution >= 0.6 is 0 Å². The highest BCUT2D eigenvalue weighted by molar-refractivity contribution is 5.78. The number of hydrogen-bond acceptors (Lipinski definition) is 5. The third-order valence-electron chi connectivity index (χ3n) is 4.68. The van der Waals surface area contributed by atoms with Crippen molar-refractivity contribution in [3.63, 3.8) is 0 Å². The number of furan rings is 1. The molecule has 0 spiro atoms. The quantitative estimate of drug-likeness (QED) is 0.723. The molecule has 0 radical (unpaired) electrons. The fourth-order valence-electron chi connectivity index (χ4n) is 2.85. The molecular formula is C20H24N4O3. The van der Waals surface area contributed by atoms with Crippen molar-refractivity contribution < 1.29 is 9.21 Å². The number of rotatable bonds is 6. The van der Waals surface area contributed by atoms with Gasteiger partial charge in [0.1, 0.15) is 17.5 Å². The van der Waals surface area contributed by atoms with E-state index in [4.69, 9.17) is 4.42 Å². The van der Waals surface area contributed by atoms with Gasteiger partial charge in [0.05, 0.1) is 0 Å². The monoisotopic (exact) mass is 368 g/mol. The van der Waals surface area contributed by atoms with Gasteiger partial charge in [0, 0.05) is 44.9 Å². The maximum Gasteiger partial charge on any atom is 0.264 e. The molecule has 0 fully saturated rings. The smallest absolute Gasteiger partial charge is 0.264 e. The average Bonchev–Trinajstić information content (AvgIpc) is 2.94. The maximum atomic E-state index is 12.6. The van der Waals surface area contributed by atoms with Crippen LogP contribution < -0.4 is 15.8 Å². The summed E-state index contributed by atoms with van der Waals surface area (Å²) in [5.74, 6) is 0.573. The summed E-state index contributed by atoms with van der Waals surface area (Å²) in [6.45, 7) is 4.37. The molecule has 0 saturated carbocycles. The molecular weight excluding hydrogens is 344 g/mol. The predicted octanol–water partition coefficient (Wildman–Crippen LogP) is 2.38. The van der Waals surface area contributed by atoms with E-state index in [1.165, 1.54) is 10.9 Å². The summed E-state index contributed by atoms with van der Waals surface area (Å²) in [6, 6.07) is 8.00. The van der Waals surface area contributed by atoms with Crippen molar-refractivity contribution in [2.24, 2.45) is 0 Å². The standard InChI is InChI=1S/C20H24N4O3/c1-13-14(2)27-19-18(13)20(26)24(12-22-19)10-9-17(25)21-11-15-5-7-16(8-6-15)23(3)4/h5-8,12H,9-11H2,1-4H3,(H,21,25). The molecule has 1 amide bonds. The van der Waals surface area contributed by atoms with Crippen LogP contribution in [-0.4, -0.2) is 29.6 Å². The normalized spacial score (nSPS) is 11.0. The first-order valence-electron chi connectivity index (χ1n) is 8.85. The van der Waals surface area contributed by atoms with E-state index < -0.39 is 0 Å². The van der Waals surface area contributed by atoms with Crippen LogP contribution in [0.4, 0.5) is 5.69 Å². The number of carbonyl (C=O) groups excluding carboxylic acids is 1. The van der Waals surface area contributed by atoms with Gasteiger partial charge in [0.15, 0.2) is 0 Å². The van der Waals surface area contributed by atoms with Crippen LogP contribution in [0.25, 0.3) is 11.1 Å². The summed E-state index contributed by atoms with van der Waals surface area (Å²) in [5, 5.41) is 3.37. The number of amides is 1. The minimum absolute atomic E-state index is 0.112. The second-order valence-electron chi connectivity index (χ2n) is 6.79. The van der Waals surface area contributed by atoms with Gasteiger partial charge in [0.25, 0.3) is 5.56 Å². The number of aromatic nitrogens is 2. The summed E-state index contributed by atoms with van der Waals surface area (Å²) >= 11 is 0. The second kappa shape index (κ2) is 7.65. The van der Waals surface area contributed by atoms with Crippen LogP contribution in [0.5, 0.6) is 0 Å². The molecule has 1 N–H and O–H groups in total. The summed E-state index contributed by atoms with van der Waals surface area (Å²) < 4.78 is 6.92. The highest BCUT2D eigenvalue weighted by Gasteiger charge is 2.14. The van der Waals surface area contributed by atoms with Gasteiger partial charge >= 0.3 is 0 Å². The minimum atomic E-state index is -0.179. The molecule has 2 heterocycles. The molecule has 0 aliphatic heterocycles. The molecule has 1 aromatic carbocycles. The van der Waals surface area contributed by atoms with E-state index in [0.29, 0.717) is 23.4 Å². The van der Waals surface area contributed by atoms with Crippen molar-refractivity contribution in [3.05, 3.63) is 57.8 Å². The average molecular weight is 368 g/mol. The lowest BCUT2D eigenvalue weighted by Crippen LogP contribution is -2.27. The van der Waals surface area contributed by atoms with Crippen LogP contribution in [0, 0.1) is 13.8 Å². The highest BCUT2D eigenvalue weighted by Crippen LogP contribution is 2.19. The Hall–Kier alpha value is -3.09. The first-order chi connectivity index (χ1) is 12.9. The van der Waals surface area contributed by atoms with E-state index in [2.05, 4.69) is 10.3 Å². The highest BCUT2D eigenvalue weighted by atomic mass is 16.3. The van der Waals surface area contributed by atoms with Gasteiger partial charge in [-0.2, -0.15) is 0 Å². The van der Waals surface area contributed by atoms with Gasteiger partial charge < -0.3 is 14.6 Å². The predicted molar refractivity (Wildman–Crippen MR) is 105 cm³/mol. The molecule has 7 heteroatoms. The van der Waals surface area contributed by atoms with Gasteiger partial charge in [-0.05, 0) is 31.5 Å². The third-order valence-corrected chi connectivity index (χ3v) is 4.68. The lowest BCUT2D eigenvalue weighted by Gasteiger charge is -2.13. The molecule has 0 bridgehead atoms. The van der Waals surface area contributed by atoms with Crippen molar-refractivity contribution in [3.8, 4) is 0 Å². The minimum Gasteiger partial charge on any atom is -0.443 e. The number of fused-ring (bicyclic) bond motifs is 1. The number of nitrogens with zero attached hydrogens (tertiary/aromatic N) is 3.